The number of ether oxygens (including phenoxy) is 1. The van der Waals surface area contributed by atoms with Crippen LogP contribution in [0.4, 0.5) is 23.3 Å². The fraction of sp³-hybridized carbons (Fsp3) is 0.505. The van der Waals surface area contributed by atoms with Gasteiger partial charge in [-0.15, -0.1) is 22.7 Å². The molecule has 12 N–H and O–H groups in total. The van der Waals surface area contributed by atoms with E-state index >= 15 is 0 Å². The molecule has 0 spiro atoms. The van der Waals surface area contributed by atoms with E-state index in [9.17, 15) is 39.6 Å². The summed E-state index contributed by atoms with van der Waals surface area (Å²) in [5.41, 5.74) is 9.33. The molecule has 33 nitrogen and oxygen atoms in total. The summed E-state index contributed by atoms with van der Waals surface area (Å²) in [5, 5.41) is 94.2. The molecule has 4 aromatic carbocycles. The minimum atomic E-state index is -0.825. The van der Waals surface area contributed by atoms with Gasteiger partial charge in [0.1, 0.15) is 16.2 Å². The number of aliphatic hydroxyl groups is 4. The summed E-state index contributed by atoms with van der Waals surface area (Å²) in [6.45, 7) is 16.0. The van der Waals surface area contributed by atoms with Crippen molar-refractivity contribution in [2.45, 2.75) is 201 Å². The first kappa shape index (κ1) is 92.7. The highest BCUT2D eigenvalue weighted by Crippen LogP contribution is 2.45. The number of aryl methyl sites for hydroxylation is 8. The number of amides is 4. The number of fused-ring (bicyclic) bond motifs is 4. The smallest absolute Gasteiger partial charge is 0.239 e. The van der Waals surface area contributed by atoms with E-state index in [2.05, 4.69) is 197 Å². The Labute approximate surface area is 777 Å². The quantitative estimate of drug-likeness (QED) is 0.0253. The average molecular weight is 1840 g/mol. The molecule has 0 atom stereocenters. The SMILES string of the molecule is COc1ccc(C2(O)CCC(N3CC(NC(=O)CNc4nn(C)c5ccc(C)cc45)C3)CC2)cn1.Cc1ccc2c(c1)c(NCC(=O)NC1CN(C3CCC(O)(c4cccnc4)CC3)C1)nn2C.Cc1ccc2c(c1)c(NCC(=O)NC1CN(C3CCC(O)(c4cncs4)CC3)C1)nn2C.Cc1ccc2c(c1)c(NCC(=O)NC1CN(C3CCC(O)(c4nccs4)CC3)C1)nn2C. The third-order valence-electron chi connectivity index (χ3n) is 28.4. The van der Waals surface area contributed by atoms with Crippen molar-refractivity contribution >= 4 is 113 Å². The fourth-order valence-corrected chi connectivity index (χ4v) is 22.1. The van der Waals surface area contributed by atoms with Gasteiger partial charge in [0.05, 0.1) is 101 Å². The predicted octanol–water partition coefficient (Wildman–Crippen LogP) is 9.41. The van der Waals surface area contributed by atoms with E-state index < -0.39 is 22.4 Å². The predicted molar refractivity (Wildman–Crippen MR) is 514 cm³/mol. The molecule has 8 aliphatic rings. The number of rotatable bonds is 25. The summed E-state index contributed by atoms with van der Waals surface area (Å²) in [4.78, 5) is 77.5. The van der Waals surface area contributed by atoms with Crippen LogP contribution in [0.5, 0.6) is 5.88 Å². The van der Waals surface area contributed by atoms with Crippen LogP contribution < -0.4 is 47.3 Å². The van der Waals surface area contributed by atoms with Crippen molar-refractivity contribution in [1.29, 1.82) is 0 Å². The zero-order valence-electron chi connectivity index (χ0n) is 77.0. The monoisotopic (exact) mass is 1830 g/mol. The zero-order chi connectivity index (χ0) is 92.2. The molecule has 12 heterocycles. The number of nitrogens with one attached hydrogen (secondary N) is 8. The lowest BCUT2D eigenvalue weighted by atomic mass is 9.77. The van der Waals surface area contributed by atoms with Crippen LogP contribution in [-0.4, -0.2) is 257 Å². The lowest BCUT2D eigenvalue weighted by Gasteiger charge is -2.48. The van der Waals surface area contributed by atoms with E-state index in [1.54, 1.807) is 49.7 Å². The van der Waals surface area contributed by atoms with Crippen LogP contribution in [0.1, 0.15) is 146 Å². The Balaban J connectivity index is 0.000000123. The standard InChI is InChI=1S/C26H34N6O3.C25H32N6O2.2C23H30N6O2S/c1-17-4-6-22-21(12-17)25(30-31(22)2)28-14-23(33)29-19-15-32(16-19)20-8-10-26(34,11-9-20)18-5-7-24(35-3)27-13-18;1-17-5-6-22-21(12-17)24(29-30(22)2)27-14-23(32)28-19-15-31(16-19)20-7-9-25(33,10-8-20)18-4-3-11-26-13-18;1-15-3-4-19-18(9-15)22(27-28(19)2)25-11-21(30)26-16-12-29(13-16)17-5-7-23(31,8-6-17)20-10-24-14-32-20;1-15-3-4-19-18(11-15)21(27-28(19)2)25-12-20(30)26-16-13-29(14-16)17-5-7-23(31,8-6-17)22-24-9-10-32-22/h4-7,12-13,19-20,34H,8-11,14-16H2,1-3H3,(H,28,30)(H,29,33);3-6,11-13,19-20,33H,7-10,14-16H2,1-2H3,(H,27,29)(H,28,32);3-4,9-10,14,16-17,31H,5-8,11-13H2,1-2H3,(H,25,27)(H,26,30);3-4,9-11,16-17,31H,5-8,12-14H2,1-2H3,(H,25,27)(H,26,30). The van der Waals surface area contributed by atoms with Crippen molar-refractivity contribution < 1.29 is 44.3 Å². The van der Waals surface area contributed by atoms with Gasteiger partial charge in [0, 0.05) is 180 Å². The number of aromatic nitrogens is 12. The molecular formula is C97H126N24O9S2. The summed E-state index contributed by atoms with van der Waals surface area (Å²) in [6, 6.07) is 35.0. The number of likely N-dealkylation sites (tertiary alicyclic amines) is 4. The number of nitrogens with zero attached hydrogens (tertiary/aromatic N) is 16. The summed E-state index contributed by atoms with van der Waals surface area (Å²) in [6.07, 6.45) is 22.4. The number of anilines is 4. The normalized spacial score (nSPS) is 23.9. The second-order valence-electron chi connectivity index (χ2n) is 37.8. The molecule has 0 unspecified atom stereocenters. The summed E-state index contributed by atoms with van der Waals surface area (Å²) in [7, 11) is 9.23. The van der Waals surface area contributed by atoms with Gasteiger partial charge in [-0.3, -0.25) is 67.5 Å². The minimum absolute atomic E-state index is 0.00989. The molecule has 8 aromatic heterocycles. The Morgan fingerprint density at radius 1 is 0.394 bits per heavy atom. The molecule has 20 rings (SSSR count). The number of methoxy groups -OCH3 is 1. The minimum Gasteiger partial charge on any atom is -0.481 e. The lowest BCUT2D eigenvalue weighted by Crippen LogP contribution is -2.63. The Hall–Kier alpha value is -11.1. The van der Waals surface area contributed by atoms with Gasteiger partial charge in [0.25, 0.3) is 0 Å². The van der Waals surface area contributed by atoms with Gasteiger partial charge in [-0.1, -0.05) is 52.6 Å². The van der Waals surface area contributed by atoms with Gasteiger partial charge in [0.15, 0.2) is 23.3 Å². The molecule has 12 aromatic rings. The van der Waals surface area contributed by atoms with Gasteiger partial charge in [-0.05, 0) is 191 Å². The van der Waals surface area contributed by atoms with Crippen LogP contribution >= 0.6 is 22.7 Å². The number of hydrogen-bond acceptors (Lipinski definition) is 27. The third kappa shape index (κ3) is 21.2. The van der Waals surface area contributed by atoms with Crippen molar-refractivity contribution in [3.63, 3.8) is 0 Å². The lowest BCUT2D eigenvalue weighted by molar-refractivity contribution is -0.122. The second-order valence-corrected chi connectivity index (χ2v) is 39.6. The Bertz CT molecular complexity index is 5790. The fourth-order valence-electron chi connectivity index (χ4n) is 20.6. The van der Waals surface area contributed by atoms with Gasteiger partial charge in [-0.2, -0.15) is 20.4 Å². The van der Waals surface area contributed by atoms with Crippen LogP contribution in [0.15, 0.2) is 139 Å². The highest BCUT2D eigenvalue weighted by molar-refractivity contribution is 7.10. The largest absolute Gasteiger partial charge is 0.481 e. The molecule has 4 aliphatic heterocycles. The number of pyridine rings is 2. The molecule has 0 bridgehead atoms. The zero-order valence-corrected chi connectivity index (χ0v) is 78.6. The van der Waals surface area contributed by atoms with E-state index in [-0.39, 0.29) is 74.0 Å². The Morgan fingerprint density at radius 3 is 1.02 bits per heavy atom. The topological polar surface area (TPSA) is 390 Å². The first-order valence-corrected chi connectivity index (χ1v) is 48.3. The van der Waals surface area contributed by atoms with E-state index in [0.717, 1.165) is 236 Å². The maximum Gasteiger partial charge on any atom is 0.239 e. The van der Waals surface area contributed by atoms with Crippen molar-refractivity contribution in [1.82, 2.24) is 99.9 Å². The maximum atomic E-state index is 12.5. The van der Waals surface area contributed by atoms with E-state index in [1.807, 2.05) is 76.6 Å². The van der Waals surface area contributed by atoms with E-state index in [4.69, 9.17) is 4.74 Å². The van der Waals surface area contributed by atoms with Crippen molar-refractivity contribution in [2.24, 2.45) is 28.2 Å². The van der Waals surface area contributed by atoms with Gasteiger partial charge in [0.2, 0.25) is 29.5 Å². The van der Waals surface area contributed by atoms with Gasteiger partial charge in [-0.25, -0.2) is 9.97 Å². The molecule has 4 aliphatic carbocycles. The average Bonchev–Trinajstić information content (AvgIpc) is 1.79. The number of hydrogen-bond donors (Lipinski definition) is 12. The first-order valence-electron chi connectivity index (χ1n) is 46.5. The van der Waals surface area contributed by atoms with E-state index in [1.165, 1.54) is 39.4 Å². The van der Waals surface area contributed by atoms with Gasteiger partial charge >= 0.3 is 0 Å². The molecule has 4 saturated heterocycles. The first-order chi connectivity index (χ1) is 63.6. The highest BCUT2D eigenvalue weighted by Gasteiger charge is 2.46. The molecule has 4 saturated carbocycles. The van der Waals surface area contributed by atoms with Crippen molar-refractivity contribution in [3.8, 4) is 5.88 Å². The highest BCUT2D eigenvalue weighted by atomic mass is 32.1. The summed E-state index contributed by atoms with van der Waals surface area (Å²) in [5.74, 6) is 3.46. The van der Waals surface area contributed by atoms with Crippen LogP contribution in [0.2, 0.25) is 0 Å². The van der Waals surface area contributed by atoms with Crippen LogP contribution in [0.3, 0.4) is 0 Å². The molecular weight excluding hydrogens is 1710 g/mol. The van der Waals surface area contributed by atoms with E-state index in [0.29, 0.717) is 42.9 Å². The Kier molecular flexibility index (Phi) is 28.1. The van der Waals surface area contributed by atoms with Crippen LogP contribution in [-0.2, 0) is 69.8 Å². The number of thiazole rings is 2. The molecule has 132 heavy (non-hydrogen) atoms. The second kappa shape index (κ2) is 40.0. The van der Waals surface area contributed by atoms with Gasteiger partial charge < -0.3 is 67.7 Å². The number of carbonyl (C=O) groups excluding carboxylic acids is 4. The maximum absolute atomic E-state index is 12.5. The molecule has 0 radical (unpaired) electrons. The molecule has 4 amide bonds. The van der Waals surface area contributed by atoms with Crippen molar-refractivity contribution in [2.75, 3.05) is 107 Å². The molecule has 35 heteroatoms. The summed E-state index contributed by atoms with van der Waals surface area (Å²) >= 11 is 3.07. The number of carbonyl (C=O) groups is 4. The molecule has 700 valence electrons. The third-order valence-corrected chi connectivity index (χ3v) is 30.3. The Morgan fingerprint density at radius 2 is 0.727 bits per heavy atom. The van der Waals surface area contributed by atoms with Crippen molar-refractivity contribution in [3.05, 3.63) is 182 Å². The molecule has 8 fully saturated rings. The van der Waals surface area contributed by atoms with Crippen LogP contribution in [0, 0.1) is 27.7 Å². The summed E-state index contributed by atoms with van der Waals surface area (Å²) < 4.78 is 12.4. The van der Waals surface area contributed by atoms with Crippen LogP contribution in [0.25, 0.3) is 43.6 Å². The number of benzene rings is 4.